The van der Waals surface area contributed by atoms with Gasteiger partial charge in [0.2, 0.25) is 0 Å². The summed E-state index contributed by atoms with van der Waals surface area (Å²) in [5, 5.41) is 8.83. The Bertz CT molecular complexity index is 359. The molecule has 3 heteroatoms. The molecule has 0 fully saturated rings. The highest BCUT2D eigenvalue weighted by Gasteiger charge is 2.19. The van der Waals surface area contributed by atoms with E-state index in [9.17, 15) is 0 Å². The Morgan fingerprint density at radius 1 is 1.40 bits per heavy atom. The van der Waals surface area contributed by atoms with Gasteiger partial charge in [0, 0.05) is 19.3 Å². The summed E-state index contributed by atoms with van der Waals surface area (Å²) < 4.78 is 0. The van der Waals surface area contributed by atoms with Crippen LogP contribution in [-0.4, -0.2) is 19.1 Å². The van der Waals surface area contributed by atoms with E-state index in [1.54, 1.807) is 6.92 Å². The van der Waals surface area contributed by atoms with Crippen LogP contribution in [0.25, 0.3) is 0 Å². The van der Waals surface area contributed by atoms with Crippen molar-refractivity contribution in [1.29, 1.82) is 5.26 Å². The molecule has 0 aromatic heterocycles. The zero-order valence-corrected chi connectivity index (χ0v) is 9.49. The van der Waals surface area contributed by atoms with Crippen LogP contribution in [0, 0.1) is 18.3 Å². The summed E-state index contributed by atoms with van der Waals surface area (Å²) in [5.74, 6) is 0. The van der Waals surface area contributed by atoms with Crippen LogP contribution in [0.2, 0.25) is 0 Å². The molecule has 2 N–H and O–H groups in total. The largest absolute Gasteiger partial charge is 0.372 e. The first-order valence-electron chi connectivity index (χ1n) is 4.92. The molecule has 0 radical (unpaired) electrons. The maximum Gasteiger partial charge on any atom is 0.119 e. The minimum Gasteiger partial charge on any atom is -0.372 e. The molecule has 1 aromatic rings. The first kappa shape index (κ1) is 11.5. The van der Waals surface area contributed by atoms with E-state index < -0.39 is 5.54 Å². The third kappa shape index (κ3) is 3.26. The molecule has 1 unspecified atom stereocenters. The van der Waals surface area contributed by atoms with E-state index in [4.69, 9.17) is 11.0 Å². The maximum atomic E-state index is 8.83. The molecule has 0 spiro atoms. The SMILES string of the molecule is Cc1ccc(N(C)CC(C)(N)C#N)cc1. The summed E-state index contributed by atoms with van der Waals surface area (Å²) >= 11 is 0. The van der Waals surface area contributed by atoms with Gasteiger partial charge < -0.3 is 10.6 Å². The highest BCUT2D eigenvalue weighted by molar-refractivity contribution is 5.47. The average Bonchev–Trinajstić information content (AvgIpc) is 2.18. The van der Waals surface area contributed by atoms with Crippen LogP contribution in [-0.2, 0) is 0 Å². The summed E-state index contributed by atoms with van der Waals surface area (Å²) in [5.41, 5.74) is 7.28. The molecule has 0 amide bonds. The van der Waals surface area contributed by atoms with Gasteiger partial charge in [-0.15, -0.1) is 0 Å². The van der Waals surface area contributed by atoms with Crippen molar-refractivity contribution < 1.29 is 0 Å². The van der Waals surface area contributed by atoms with E-state index in [2.05, 4.69) is 6.07 Å². The van der Waals surface area contributed by atoms with Crippen molar-refractivity contribution in [1.82, 2.24) is 0 Å². The Morgan fingerprint density at radius 3 is 2.40 bits per heavy atom. The molecular formula is C12H17N3. The van der Waals surface area contributed by atoms with Gasteiger partial charge in [-0.3, -0.25) is 0 Å². The Hall–Kier alpha value is -1.53. The quantitative estimate of drug-likeness (QED) is 0.813. The Morgan fingerprint density at radius 2 is 1.93 bits per heavy atom. The maximum absolute atomic E-state index is 8.83. The van der Waals surface area contributed by atoms with Crippen LogP contribution in [0.1, 0.15) is 12.5 Å². The third-order valence-corrected chi connectivity index (χ3v) is 2.30. The van der Waals surface area contributed by atoms with E-state index in [0.29, 0.717) is 6.54 Å². The van der Waals surface area contributed by atoms with Crippen LogP contribution >= 0.6 is 0 Å². The number of nitriles is 1. The predicted molar refractivity (Wildman–Crippen MR) is 62.7 cm³/mol. The predicted octanol–water partition coefficient (Wildman–Crippen LogP) is 1.67. The van der Waals surface area contributed by atoms with Crippen molar-refractivity contribution >= 4 is 5.69 Å². The Labute approximate surface area is 91.1 Å². The van der Waals surface area contributed by atoms with Crippen LogP contribution in [0.4, 0.5) is 5.69 Å². The zero-order chi connectivity index (χ0) is 11.5. The fraction of sp³-hybridized carbons (Fsp3) is 0.417. The van der Waals surface area contributed by atoms with Crippen molar-refractivity contribution in [3.8, 4) is 6.07 Å². The molecule has 0 aliphatic heterocycles. The Kier molecular flexibility index (Phi) is 3.33. The lowest BCUT2D eigenvalue weighted by atomic mass is 10.1. The second-order valence-corrected chi connectivity index (χ2v) is 4.22. The molecule has 15 heavy (non-hydrogen) atoms. The molecule has 1 rings (SSSR count). The van der Waals surface area contributed by atoms with Gasteiger partial charge in [-0.2, -0.15) is 5.26 Å². The highest BCUT2D eigenvalue weighted by Crippen LogP contribution is 2.15. The molecule has 0 saturated heterocycles. The first-order valence-corrected chi connectivity index (χ1v) is 4.92. The summed E-state index contributed by atoms with van der Waals surface area (Å²) in [6, 6.07) is 10.2. The van der Waals surface area contributed by atoms with Gasteiger partial charge in [0.1, 0.15) is 5.54 Å². The molecule has 1 atom stereocenters. The van der Waals surface area contributed by atoms with Crippen molar-refractivity contribution in [3.05, 3.63) is 29.8 Å². The number of nitrogens with two attached hydrogens (primary N) is 1. The van der Waals surface area contributed by atoms with Crippen LogP contribution in [0.5, 0.6) is 0 Å². The fourth-order valence-corrected chi connectivity index (χ4v) is 1.42. The minimum atomic E-state index is -0.806. The molecule has 80 valence electrons. The lowest BCUT2D eigenvalue weighted by Gasteiger charge is -2.26. The lowest BCUT2D eigenvalue weighted by Crippen LogP contribution is -2.45. The average molecular weight is 203 g/mol. The molecule has 1 aromatic carbocycles. The lowest BCUT2D eigenvalue weighted by molar-refractivity contribution is 0.593. The molecule has 0 aliphatic carbocycles. The van der Waals surface area contributed by atoms with Gasteiger partial charge in [-0.05, 0) is 26.0 Å². The standard InChI is InChI=1S/C12H17N3/c1-10-4-6-11(7-5-10)15(3)9-12(2,14)8-13/h4-7H,9,14H2,1-3H3. The van der Waals surface area contributed by atoms with Crippen LogP contribution in [0.15, 0.2) is 24.3 Å². The van der Waals surface area contributed by atoms with E-state index in [-0.39, 0.29) is 0 Å². The highest BCUT2D eigenvalue weighted by atomic mass is 15.1. The summed E-state index contributed by atoms with van der Waals surface area (Å²) in [6.07, 6.45) is 0. The van der Waals surface area contributed by atoms with E-state index in [0.717, 1.165) is 5.69 Å². The van der Waals surface area contributed by atoms with Gasteiger partial charge in [-0.1, -0.05) is 17.7 Å². The first-order chi connectivity index (χ1) is 6.94. The summed E-state index contributed by atoms with van der Waals surface area (Å²) in [7, 11) is 1.94. The number of anilines is 1. The minimum absolute atomic E-state index is 0.520. The number of rotatable bonds is 3. The normalized spacial score (nSPS) is 14.1. The number of benzene rings is 1. The number of nitrogens with zero attached hydrogens (tertiary/aromatic N) is 2. The van der Waals surface area contributed by atoms with Gasteiger partial charge >= 0.3 is 0 Å². The topological polar surface area (TPSA) is 53.0 Å². The molecule has 0 saturated carbocycles. The van der Waals surface area contributed by atoms with E-state index >= 15 is 0 Å². The van der Waals surface area contributed by atoms with Crippen molar-refractivity contribution in [2.24, 2.45) is 5.73 Å². The van der Waals surface area contributed by atoms with Crippen molar-refractivity contribution in [2.45, 2.75) is 19.4 Å². The number of aryl methyl sites for hydroxylation is 1. The van der Waals surface area contributed by atoms with E-state index in [1.165, 1.54) is 5.56 Å². The molecule has 0 aliphatic rings. The fourth-order valence-electron chi connectivity index (χ4n) is 1.42. The molecule has 3 nitrogen and oxygen atoms in total. The van der Waals surface area contributed by atoms with Gasteiger partial charge in [0.25, 0.3) is 0 Å². The summed E-state index contributed by atoms with van der Waals surface area (Å²) in [4.78, 5) is 1.99. The van der Waals surface area contributed by atoms with Crippen LogP contribution in [0.3, 0.4) is 0 Å². The molecule has 0 bridgehead atoms. The smallest absolute Gasteiger partial charge is 0.119 e. The zero-order valence-electron chi connectivity index (χ0n) is 9.49. The van der Waals surface area contributed by atoms with Gasteiger partial charge in [0.15, 0.2) is 0 Å². The van der Waals surface area contributed by atoms with Gasteiger partial charge in [0.05, 0.1) is 6.07 Å². The third-order valence-electron chi connectivity index (χ3n) is 2.30. The second-order valence-electron chi connectivity index (χ2n) is 4.22. The van der Waals surface area contributed by atoms with Crippen molar-refractivity contribution in [2.75, 3.05) is 18.5 Å². The second kappa shape index (κ2) is 4.33. The van der Waals surface area contributed by atoms with Crippen LogP contribution < -0.4 is 10.6 Å². The number of likely N-dealkylation sites (N-methyl/N-ethyl adjacent to an activating group) is 1. The summed E-state index contributed by atoms with van der Waals surface area (Å²) in [6.45, 7) is 4.30. The monoisotopic (exact) mass is 203 g/mol. The van der Waals surface area contributed by atoms with Crippen molar-refractivity contribution in [3.63, 3.8) is 0 Å². The number of hydrogen-bond acceptors (Lipinski definition) is 3. The molecule has 0 heterocycles. The van der Waals surface area contributed by atoms with Gasteiger partial charge in [-0.25, -0.2) is 0 Å². The number of hydrogen-bond donors (Lipinski definition) is 1. The van der Waals surface area contributed by atoms with E-state index in [1.807, 2.05) is 43.1 Å². The Balaban J connectivity index is 2.74. The molecular weight excluding hydrogens is 186 g/mol.